The summed E-state index contributed by atoms with van der Waals surface area (Å²) in [7, 11) is 6.11. The Morgan fingerprint density at radius 3 is 2.25 bits per heavy atom. The van der Waals surface area contributed by atoms with E-state index in [0.717, 1.165) is 0 Å². The van der Waals surface area contributed by atoms with Gasteiger partial charge in [0, 0.05) is 54.9 Å². The minimum atomic E-state index is -0.702. The lowest BCUT2D eigenvalue weighted by Gasteiger charge is -2.21. The van der Waals surface area contributed by atoms with Crippen LogP contribution in [0.25, 0.3) is 10.9 Å². The number of hydrogen-bond acceptors (Lipinski definition) is 7. The Kier molecular flexibility index (Phi) is 8.48. The second kappa shape index (κ2) is 12.2. The van der Waals surface area contributed by atoms with Crippen LogP contribution in [0.5, 0.6) is 23.0 Å². The van der Waals surface area contributed by atoms with Gasteiger partial charge >= 0.3 is 0 Å². The molecule has 0 saturated carbocycles. The fraction of sp³-hybridized carbons (Fsp3) is 0.167. The number of carbonyl (C=O) groups is 2. The number of anilines is 2. The first-order chi connectivity index (χ1) is 19.3. The Morgan fingerprint density at radius 2 is 1.60 bits per heavy atom. The van der Waals surface area contributed by atoms with Crippen molar-refractivity contribution in [2.75, 3.05) is 38.5 Å². The molecule has 2 amide bonds. The summed E-state index contributed by atoms with van der Waals surface area (Å²) in [5.74, 6) is -0.637. The molecule has 0 atom stereocenters. The van der Waals surface area contributed by atoms with Gasteiger partial charge in [-0.2, -0.15) is 0 Å². The molecule has 40 heavy (non-hydrogen) atoms. The van der Waals surface area contributed by atoms with E-state index in [1.807, 2.05) is 6.07 Å². The van der Waals surface area contributed by atoms with Gasteiger partial charge in [-0.3, -0.25) is 14.6 Å². The number of aromatic nitrogens is 1. The van der Waals surface area contributed by atoms with Crippen molar-refractivity contribution in [1.82, 2.24) is 10.3 Å². The number of likely N-dealkylation sites (N-methyl/N-ethyl adjacent to an activating group) is 1. The highest BCUT2D eigenvalue weighted by molar-refractivity contribution is 6.27. The van der Waals surface area contributed by atoms with Crippen LogP contribution >= 0.6 is 0 Å². The highest BCUT2D eigenvalue weighted by Crippen LogP contribution is 2.37. The number of amides is 2. The van der Waals surface area contributed by atoms with Crippen LogP contribution in [0, 0.1) is 5.82 Å². The number of ether oxygens (including phenoxy) is 3. The molecule has 0 aliphatic rings. The monoisotopic (exact) mass is 544 g/mol. The molecule has 0 saturated heterocycles. The number of fused-ring (bicyclic) bond motifs is 1. The van der Waals surface area contributed by atoms with Crippen LogP contribution in [-0.4, -0.2) is 45.1 Å². The topological polar surface area (TPSA) is 102 Å². The number of rotatable bonds is 9. The summed E-state index contributed by atoms with van der Waals surface area (Å²) in [4.78, 5) is 32.0. The van der Waals surface area contributed by atoms with Gasteiger partial charge in [-0.25, -0.2) is 4.39 Å². The quantitative estimate of drug-likeness (QED) is 0.168. The summed E-state index contributed by atoms with van der Waals surface area (Å²) < 4.78 is 31.9. The van der Waals surface area contributed by atoms with E-state index < -0.39 is 17.6 Å². The smallest absolute Gasteiger partial charge is 0.265 e. The van der Waals surface area contributed by atoms with Crippen LogP contribution in [-0.2, 0) is 9.59 Å². The summed E-state index contributed by atoms with van der Waals surface area (Å²) in [6.45, 7) is 1.62. The lowest BCUT2D eigenvalue weighted by Crippen LogP contribution is -2.35. The van der Waals surface area contributed by atoms with Crippen molar-refractivity contribution in [2.24, 2.45) is 0 Å². The SMILES string of the molecule is CN/C(C)=C(\C(=O)Nc1ccccc1)C(=O)N(C)c1ccc(Oc2ccnc3cc(OC)c(OC)cc23)c(F)c1. The molecule has 4 aromatic rings. The van der Waals surface area contributed by atoms with Gasteiger partial charge in [-0.15, -0.1) is 0 Å². The number of methoxy groups -OCH3 is 2. The fourth-order valence-electron chi connectivity index (χ4n) is 3.99. The summed E-state index contributed by atoms with van der Waals surface area (Å²) in [5, 5.41) is 6.17. The Hall–Kier alpha value is -5.12. The molecule has 0 fully saturated rings. The van der Waals surface area contributed by atoms with Gasteiger partial charge in [0.25, 0.3) is 11.8 Å². The molecule has 0 aliphatic carbocycles. The first-order valence-electron chi connectivity index (χ1n) is 12.3. The van der Waals surface area contributed by atoms with Gasteiger partial charge in [-0.05, 0) is 43.3 Å². The molecule has 0 bridgehead atoms. The predicted octanol–water partition coefficient (Wildman–Crippen LogP) is 5.28. The number of benzene rings is 3. The average Bonchev–Trinajstić information content (AvgIpc) is 2.97. The molecular weight excluding hydrogens is 515 g/mol. The molecule has 0 aliphatic heterocycles. The zero-order chi connectivity index (χ0) is 28.8. The lowest BCUT2D eigenvalue weighted by atomic mass is 10.1. The molecule has 0 radical (unpaired) electrons. The molecule has 206 valence electrons. The maximum atomic E-state index is 15.3. The molecule has 9 nitrogen and oxygen atoms in total. The van der Waals surface area contributed by atoms with Crippen molar-refractivity contribution in [3.8, 4) is 23.0 Å². The minimum Gasteiger partial charge on any atom is -0.493 e. The van der Waals surface area contributed by atoms with Crippen LogP contribution in [0.1, 0.15) is 6.92 Å². The van der Waals surface area contributed by atoms with E-state index in [1.165, 1.54) is 44.4 Å². The third-order valence-electron chi connectivity index (χ3n) is 6.26. The molecule has 0 spiro atoms. The molecule has 3 aromatic carbocycles. The van der Waals surface area contributed by atoms with Crippen LogP contribution < -0.4 is 29.7 Å². The van der Waals surface area contributed by atoms with Crippen molar-refractivity contribution in [2.45, 2.75) is 6.92 Å². The zero-order valence-electron chi connectivity index (χ0n) is 22.7. The standard InChI is InChI=1S/C30H29FN4O5/c1-18(32-2)28(29(36)34-19-9-7-6-8-10-19)30(37)35(3)20-11-12-25(22(31)15-20)40-24-13-14-33-23-17-27(39-5)26(38-4)16-21(23)24/h6-17,32H,1-5H3,(H,34,36)/b28-18+. The van der Waals surface area contributed by atoms with E-state index >= 15 is 4.39 Å². The van der Waals surface area contributed by atoms with Crippen molar-refractivity contribution in [3.63, 3.8) is 0 Å². The van der Waals surface area contributed by atoms with Crippen LogP contribution in [0.15, 0.2) is 84.2 Å². The second-order valence-electron chi connectivity index (χ2n) is 8.68. The van der Waals surface area contributed by atoms with Gasteiger partial charge in [0.1, 0.15) is 11.3 Å². The number of hydrogen-bond donors (Lipinski definition) is 2. The van der Waals surface area contributed by atoms with Gasteiger partial charge in [0.05, 0.1) is 19.7 Å². The first kappa shape index (κ1) is 27.9. The number of pyridine rings is 1. The Bertz CT molecular complexity index is 1590. The van der Waals surface area contributed by atoms with Crippen LogP contribution in [0.4, 0.5) is 15.8 Å². The first-order valence-corrected chi connectivity index (χ1v) is 12.3. The Labute approximate surface area is 231 Å². The van der Waals surface area contributed by atoms with Gasteiger partial charge in [0.15, 0.2) is 23.1 Å². The zero-order valence-corrected chi connectivity index (χ0v) is 22.7. The molecule has 10 heteroatoms. The third kappa shape index (κ3) is 5.80. The maximum Gasteiger partial charge on any atom is 0.265 e. The van der Waals surface area contributed by atoms with E-state index in [1.54, 1.807) is 62.6 Å². The third-order valence-corrected chi connectivity index (χ3v) is 6.26. The molecular formula is C30H29FN4O5. The van der Waals surface area contributed by atoms with Gasteiger partial charge < -0.3 is 29.7 Å². The summed E-state index contributed by atoms with van der Waals surface area (Å²) in [6, 6.07) is 17.9. The van der Waals surface area contributed by atoms with E-state index in [0.29, 0.717) is 39.5 Å². The number of allylic oxidation sites excluding steroid dienone is 1. The normalized spacial score (nSPS) is 11.3. The Balaban J connectivity index is 1.60. The van der Waals surface area contributed by atoms with Crippen molar-refractivity contribution < 1.29 is 28.2 Å². The molecule has 1 heterocycles. The van der Waals surface area contributed by atoms with E-state index in [2.05, 4.69) is 15.6 Å². The van der Waals surface area contributed by atoms with E-state index in [-0.39, 0.29) is 17.0 Å². The second-order valence-corrected chi connectivity index (χ2v) is 8.68. The van der Waals surface area contributed by atoms with Crippen LogP contribution in [0.2, 0.25) is 0 Å². The number of nitrogens with zero attached hydrogens (tertiary/aromatic N) is 2. The fourth-order valence-corrected chi connectivity index (χ4v) is 3.99. The molecule has 4 rings (SSSR count). The predicted molar refractivity (Wildman–Crippen MR) is 152 cm³/mol. The lowest BCUT2D eigenvalue weighted by molar-refractivity contribution is -0.119. The van der Waals surface area contributed by atoms with Crippen molar-refractivity contribution in [3.05, 3.63) is 90.0 Å². The summed E-state index contributed by atoms with van der Waals surface area (Å²) in [6.07, 6.45) is 1.54. The maximum absolute atomic E-state index is 15.3. The molecule has 1 aromatic heterocycles. The largest absolute Gasteiger partial charge is 0.493 e. The molecule has 2 N–H and O–H groups in total. The minimum absolute atomic E-state index is 0.0594. The number of para-hydroxylation sites is 1. The number of nitrogens with one attached hydrogen (secondary N) is 2. The van der Waals surface area contributed by atoms with Gasteiger partial charge in [-0.1, -0.05) is 18.2 Å². The summed E-state index contributed by atoms with van der Waals surface area (Å²) >= 11 is 0. The number of carbonyl (C=O) groups excluding carboxylic acids is 2. The van der Waals surface area contributed by atoms with E-state index in [4.69, 9.17) is 14.2 Å². The van der Waals surface area contributed by atoms with Crippen LogP contribution in [0.3, 0.4) is 0 Å². The van der Waals surface area contributed by atoms with Crippen molar-refractivity contribution >= 4 is 34.1 Å². The average molecular weight is 545 g/mol. The molecule has 0 unspecified atom stereocenters. The summed E-state index contributed by atoms with van der Waals surface area (Å²) in [5.41, 5.74) is 1.60. The van der Waals surface area contributed by atoms with Crippen molar-refractivity contribution in [1.29, 1.82) is 0 Å². The van der Waals surface area contributed by atoms with E-state index in [9.17, 15) is 9.59 Å². The number of halogens is 1. The highest BCUT2D eigenvalue weighted by Gasteiger charge is 2.26. The highest BCUT2D eigenvalue weighted by atomic mass is 19.1. The Morgan fingerprint density at radius 1 is 0.900 bits per heavy atom. The van der Waals surface area contributed by atoms with Gasteiger partial charge in [0.2, 0.25) is 0 Å².